The first-order valence-electron chi connectivity index (χ1n) is 6.55. The molecule has 1 aliphatic rings. The average molecular weight is 322 g/mol. The Bertz CT molecular complexity index is 708. The number of halogens is 2. The van der Waals surface area contributed by atoms with Crippen molar-refractivity contribution in [2.45, 2.75) is 13.3 Å². The molecule has 1 amide bonds. The molecule has 1 aromatic carbocycles. The second-order valence-corrected chi connectivity index (χ2v) is 5.68. The molecule has 108 valence electrons. The van der Waals surface area contributed by atoms with Gasteiger partial charge in [-0.15, -0.1) is 0 Å². The Kier molecular flexibility index (Phi) is 3.74. The summed E-state index contributed by atoms with van der Waals surface area (Å²) in [6.07, 6.45) is 0.989. The van der Waals surface area contributed by atoms with Crippen LogP contribution in [-0.2, 0) is 6.42 Å². The predicted octanol–water partition coefficient (Wildman–Crippen LogP) is 3.92. The molecule has 1 aromatic heterocycles. The van der Waals surface area contributed by atoms with Crippen molar-refractivity contribution in [2.24, 2.45) is 0 Å². The maximum atomic E-state index is 12.3. The molecule has 0 atom stereocenters. The van der Waals surface area contributed by atoms with Crippen LogP contribution in [0.1, 0.15) is 21.5 Å². The van der Waals surface area contributed by atoms with Crippen molar-refractivity contribution in [1.82, 2.24) is 4.98 Å². The lowest BCUT2D eigenvalue weighted by Gasteiger charge is -2.11. The van der Waals surface area contributed by atoms with E-state index < -0.39 is 0 Å². The molecule has 21 heavy (non-hydrogen) atoms. The molecule has 0 aliphatic carbocycles. The third-order valence-electron chi connectivity index (χ3n) is 3.46. The topological polar surface area (TPSA) is 54.0 Å². The van der Waals surface area contributed by atoms with Crippen molar-refractivity contribution in [2.75, 3.05) is 17.2 Å². The highest BCUT2D eigenvalue weighted by atomic mass is 35.5. The number of hydrogen-bond donors (Lipinski definition) is 2. The second-order valence-electron chi connectivity index (χ2n) is 4.93. The number of carbonyl (C=O) groups is 1. The summed E-state index contributed by atoms with van der Waals surface area (Å²) in [5, 5.41) is 6.54. The summed E-state index contributed by atoms with van der Waals surface area (Å²) in [5.74, 6) is -0.222. The number of amides is 1. The summed E-state index contributed by atoms with van der Waals surface area (Å²) >= 11 is 11.9. The Morgan fingerprint density at radius 3 is 2.90 bits per heavy atom. The standard InChI is InChI=1S/C15H13Cl2N3O/c1-8-6-12(16)19-14(17)13(8)20-15(21)10-3-2-9-4-5-18-11(9)7-10/h2-3,6-7,18H,4-5H2,1H3,(H,20,21). The zero-order chi connectivity index (χ0) is 15.0. The monoisotopic (exact) mass is 321 g/mol. The summed E-state index contributed by atoms with van der Waals surface area (Å²) in [5.41, 5.74) is 4.08. The largest absolute Gasteiger partial charge is 0.384 e. The van der Waals surface area contributed by atoms with E-state index in [9.17, 15) is 4.79 Å². The number of aryl methyl sites for hydroxylation is 1. The van der Waals surface area contributed by atoms with Crippen LogP contribution in [0.3, 0.4) is 0 Å². The molecule has 0 fully saturated rings. The molecule has 0 saturated heterocycles. The third kappa shape index (κ3) is 2.82. The van der Waals surface area contributed by atoms with Gasteiger partial charge in [-0.1, -0.05) is 29.3 Å². The number of aromatic nitrogens is 1. The van der Waals surface area contributed by atoms with Crippen LogP contribution in [0.15, 0.2) is 24.3 Å². The molecule has 0 unspecified atom stereocenters. The van der Waals surface area contributed by atoms with Gasteiger partial charge in [-0.3, -0.25) is 4.79 Å². The smallest absolute Gasteiger partial charge is 0.255 e. The van der Waals surface area contributed by atoms with E-state index in [0.717, 1.165) is 24.2 Å². The molecule has 2 aromatic rings. The van der Waals surface area contributed by atoms with Gasteiger partial charge in [0.15, 0.2) is 5.15 Å². The Morgan fingerprint density at radius 1 is 1.33 bits per heavy atom. The minimum absolute atomic E-state index is 0.188. The first-order valence-corrected chi connectivity index (χ1v) is 7.31. The molecule has 3 rings (SSSR count). The summed E-state index contributed by atoms with van der Waals surface area (Å²) in [4.78, 5) is 16.3. The molecule has 0 spiro atoms. The Labute approximate surface area is 132 Å². The predicted molar refractivity (Wildman–Crippen MR) is 85.6 cm³/mol. The number of rotatable bonds is 2. The maximum Gasteiger partial charge on any atom is 0.255 e. The number of pyridine rings is 1. The fourth-order valence-corrected chi connectivity index (χ4v) is 2.94. The van der Waals surface area contributed by atoms with Gasteiger partial charge in [0.2, 0.25) is 0 Å². The SMILES string of the molecule is Cc1cc(Cl)nc(Cl)c1NC(=O)c1ccc2c(c1)NCC2. The van der Waals surface area contributed by atoms with E-state index in [1.54, 1.807) is 6.07 Å². The van der Waals surface area contributed by atoms with Crippen LogP contribution in [0.25, 0.3) is 0 Å². The van der Waals surface area contributed by atoms with Gasteiger partial charge in [-0.2, -0.15) is 0 Å². The van der Waals surface area contributed by atoms with Crippen molar-refractivity contribution in [1.29, 1.82) is 0 Å². The van der Waals surface area contributed by atoms with Crippen LogP contribution in [0.4, 0.5) is 11.4 Å². The number of carbonyl (C=O) groups excluding carboxylic acids is 1. The van der Waals surface area contributed by atoms with Crippen LogP contribution in [-0.4, -0.2) is 17.4 Å². The van der Waals surface area contributed by atoms with Crippen LogP contribution in [0.2, 0.25) is 10.3 Å². The van der Waals surface area contributed by atoms with E-state index in [0.29, 0.717) is 16.4 Å². The van der Waals surface area contributed by atoms with Crippen molar-refractivity contribution >= 4 is 40.5 Å². The van der Waals surface area contributed by atoms with Gasteiger partial charge < -0.3 is 10.6 Å². The minimum atomic E-state index is -0.222. The Hall–Kier alpha value is -1.78. The minimum Gasteiger partial charge on any atom is -0.384 e. The zero-order valence-corrected chi connectivity index (χ0v) is 12.8. The van der Waals surface area contributed by atoms with Gasteiger partial charge >= 0.3 is 0 Å². The lowest BCUT2D eigenvalue weighted by Crippen LogP contribution is -2.14. The molecule has 0 saturated carbocycles. The zero-order valence-electron chi connectivity index (χ0n) is 11.3. The number of nitrogens with one attached hydrogen (secondary N) is 2. The summed E-state index contributed by atoms with van der Waals surface area (Å²) in [6, 6.07) is 7.30. The number of anilines is 2. The van der Waals surface area contributed by atoms with Crippen molar-refractivity contribution < 1.29 is 4.79 Å². The first-order chi connectivity index (χ1) is 10.0. The van der Waals surface area contributed by atoms with Gasteiger partial charge in [-0.05, 0) is 42.7 Å². The van der Waals surface area contributed by atoms with E-state index in [1.165, 1.54) is 5.56 Å². The fraction of sp³-hybridized carbons (Fsp3) is 0.200. The number of benzene rings is 1. The van der Waals surface area contributed by atoms with E-state index in [4.69, 9.17) is 23.2 Å². The van der Waals surface area contributed by atoms with Gasteiger partial charge in [0.05, 0.1) is 5.69 Å². The van der Waals surface area contributed by atoms with Crippen molar-refractivity contribution in [3.63, 3.8) is 0 Å². The second kappa shape index (κ2) is 5.54. The van der Waals surface area contributed by atoms with E-state index in [-0.39, 0.29) is 11.1 Å². The molecule has 4 nitrogen and oxygen atoms in total. The maximum absolute atomic E-state index is 12.3. The van der Waals surface area contributed by atoms with Crippen molar-refractivity contribution in [3.05, 3.63) is 51.3 Å². The first kappa shape index (κ1) is 14.2. The summed E-state index contributed by atoms with van der Waals surface area (Å²) in [7, 11) is 0. The van der Waals surface area contributed by atoms with Gasteiger partial charge in [0.25, 0.3) is 5.91 Å². The summed E-state index contributed by atoms with van der Waals surface area (Å²) < 4.78 is 0. The molecule has 1 aliphatic heterocycles. The molecule has 0 bridgehead atoms. The average Bonchev–Trinajstić information content (AvgIpc) is 2.89. The molecule has 2 heterocycles. The quantitative estimate of drug-likeness (QED) is 0.824. The summed E-state index contributed by atoms with van der Waals surface area (Å²) in [6.45, 7) is 2.73. The van der Waals surface area contributed by atoms with Crippen LogP contribution in [0.5, 0.6) is 0 Å². The lowest BCUT2D eigenvalue weighted by molar-refractivity contribution is 0.102. The normalized spacial score (nSPS) is 12.7. The van der Waals surface area contributed by atoms with Crippen LogP contribution >= 0.6 is 23.2 Å². The van der Waals surface area contributed by atoms with Crippen LogP contribution in [0, 0.1) is 6.92 Å². The molecular weight excluding hydrogens is 309 g/mol. The van der Waals surface area contributed by atoms with Gasteiger partial charge in [0.1, 0.15) is 5.15 Å². The lowest BCUT2D eigenvalue weighted by atomic mass is 10.1. The Balaban J connectivity index is 1.87. The van der Waals surface area contributed by atoms with E-state index >= 15 is 0 Å². The van der Waals surface area contributed by atoms with Gasteiger partial charge in [-0.25, -0.2) is 4.98 Å². The highest BCUT2D eigenvalue weighted by molar-refractivity contribution is 6.35. The highest BCUT2D eigenvalue weighted by Gasteiger charge is 2.16. The third-order valence-corrected chi connectivity index (χ3v) is 3.93. The van der Waals surface area contributed by atoms with E-state index in [1.807, 2.05) is 25.1 Å². The molecule has 2 N–H and O–H groups in total. The van der Waals surface area contributed by atoms with E-state index in [2.05, 4.69) is 15.6 Å². The molecule has 0 radical (unpaired) electrons. The molecule has 6 heteroatoms. The Morgan fingerprint density at radius 2 is 2.14 bits per heavy atom. The number of hydrogen-bond acceptors (Lipinski definition) is 3. The van der Waals surface area contributed by atoms with Crippen LogP contribution < -0.4 is 10.6 Å². The fourth-order valence-electron chi connectivity index (χ4n) is 2.36. The van der Waals surface area contributed by atoms with Gasteiger partial charge in [0, 0.05) is 17.8 Å². The number of fused-ring (bicyclic) bond motifs is 1. The van der Waals surface area contributed by atoms with Crippen molar-refractivity contribution in [3.8, 4) is 0 Å². The number of nitrogens with zero attached hydrogens (tertiary/aromatic N) is 1. The highest BCUT2D eigenvalue weighted by Crippen LogP contribution is 2.28. The molecular formula is C15H13Cl2N3O.